The Morgan fingerprint density at radius 3 is 2.79 bits per heavy atom. The number of nitriles is 1. The van der Waals surface area contributed by atoms with E-state index in [1.807, 2.05) is 12.1 Å². The van der Waals surface area contributed by atoms with E-state index in [0.717, 1.165) is 11.1 Å². The molecule has 0 aliphatic rings. The lowest BCUT2D eigenvalue weighted by Gasteiger charge is -2.09. The zero-order valence-corrected chi connectivity index (χ0v) is 10.9. The fraction of sp³-hybridized carbons (Fsp3) is 0.143. The average molecular weight is 274 g/mol. The Morgan fingerprint density at radius 2 is 2.11 bits per heavy atom. The average Bonchev–Trinajstić information content (AvgIpc) is 2.46. The molecule has 0 radical (unpaired) electrons. The summed E-state index contributed by atoms with van der Waals surface area (Å²) in [7, 11) is 0. The first-order valence-corrected chi connectivity index (χ1v) is 6.07. The summed E-state index contributed by atoms with van der Waals surface area (Å²) in [4.78, 5) is 3.90. The number of hydrogen-bond acceptors (Lipinski definition) is 4. The summed E-state index contributed by atoms with van der Waals surface area (Å²) < 4.78 is 5.61. The summed E-state index contributed by atoms with van der Waals surface area (Å²) in [5.74, 6) is 0.592. The van der Waals surface area contributed by atoms with Crippen molar-refractivity contribution in [2.75, 3.05) is 0 Å². The van der Waals surface area contributed by atoms with Gasteiger partial charge in [0.1, 0.15) is 24.1 Å². The standard InChI is InChI=1S/C14H12ClN3O/c15-13-6-10(7-16)1-2-14(13)19-9-11-3-4-18-12(5-11)8-17/h1-6H,7,9,16H2. The Morgan fingerprint density at radius 1 is 1.26 bits per heavy atom. The number of aromatic nitrogens is 1. The van der Waals surface area contributed by atoms with Crippen molar-refractivity contribution in [2.45, 2.75) is 13.2 Å². The third-order valence-electron chi connectivity index (χ3n) is 2.57. The maximum absolute atomic E-state index is 8.76. The van der Waals surface area contributed by atoms with Crippen LogP contribution in [0.4, 0.5) is 0 Å². The predicted octanol–water partition coefficient (Wildman–Crippen LogP) is 2.64. The SMILES string of the molecule is N#Cc1cc(COc2ccc(CN)cc2Cl)ccn1. The molecule has 2 aromatic rings. The van der Waals surface area contributed by atoms with Gasteiger partial charge in [0.15, 0.2) is 0 Å². The van der Waals surface area contributed by atoms with Crippen LogP contribution in [0.3, 0.4) is 0 Å². The molecule has 0 bridgehead atoms. The summed E-state index contributed by atoms with van der Waals surface area (Å²) in [6.45, 7) is 0.773. The molecule has 2 N–H and O–H groups in total. The lowest BCUT2D eigenvalue weighted by Crippen LogP contribution is -1.99. The Balaban J connectivity index is 2.08. The first-order chi connectivity index (χ1) is 9.22. The van der Waals surface area contributed by atoms with Gasteiger partial charge in [-0.2, -0.15) is 5.26 Å². The minimum Gasteiger partial charge on any atom is -0.487 e. The van der Waals surface area contributed by atoms with Crippen molar-refractivity contribution in [1.29, 1.82) is 5.26 Å². The summed E-state index contributed by atoms with van der Waals surface area (Å²) >= 11 is 6.09. The van der Waals surface area contributed by atoms with E-state index in [1.54, 1.807) is 30.5 Å². The Hall–Kier alpha value is -2.09. The van der Waals surface area contributed by atoms with E-state index in [4.69, 9.17) is 27.3 Å². The highest BCUT2D eigenvalue weighted by Gasteiger charge is 2.04. The molecule has 0 saturated carbocycles. The maximum Gasteiger partial charge on any atom is 0.140 e. The summed E-state index contributed by atoms with van der Waals surface area (Å²) in [6.07, 6.45) is 1.58. The van der Waals surface area contributed by atoms with Crippen LogP contribution in [0.5, 0.6) is 5.75 Å². The van der Waals surface area contributed by atoms with Gasteiger partial charge in [0.25, 0.3) is 0 Å². The highest BCUT2D eigenvalue weighted by atomic mass is 35.5. The molecule has 2 rings (SSSR count). The van der Waals surface area contributed by atoms with Crippen molar-refractivity contribution in [3.05, 3.63) is 58.4 Å². The van der Waals surface area contributed by atoms with Gasteiger partial charge in [-0.1, -0.05) is 17.7 Å². The highest BCUT2D eigenvalue weighted by Crippen LogP contribution is 2.26. The summed E-state index contributed by atoms with van der Waals surface area (Å²) in [5, 5.41) is 9.29. The zero-order chi connectivity index (χ0) is 13.7. The van der Waals surface area contributed by atoms with E-state index in [9.17, 15) is 0 Å². The van der Waals surface area contributed by atoms with Gasteiger partial charge >= 0.3 is 0 Å². The molecule has 96 valence electrons. The Kier molecular flexibility index (Phi) is 4.35. The number of halogens is 1. The molecule has 1 aromatic heterocycles. The molecule has 0 fully saturated rings. The van der Waals surface area contributed by atoms with Crippen LogP contribution in [-0.2, 0) is 13.2 Å². The van der Waals surface area contributed by atoms with Crippen molar-refractivity contribution in [2.24, 2.45) is 5.73 Å². The number of rotatable bonds is 4. The Labute approximate surface area is 116 Å². The highest BCUT2D eigenvalue weighted by molar-refractivity contribution is 6.32. The van der Waals surface area contributed by atoms with E-state index >= 15 is 0 Å². The van der Waals surface area contributed by atoms with Crippen LogP contribution in [0, 0.1) is 11.3 Å². The molecule has 0 amide bonds. The van der Waals surface area contributed by atoms with E-state index in [-0.39, 0.29) is 0 Å². The second kappa shape index (κ2) is 6.19. The molecular formula is C14H12ClN3O. The van der Waals surface area contributed by atoms with E-state index in [0.29, 0.717) is 29.6 Å². The smallest absolute Gasteiger partial charge is 0.140 e. The van der Waals surface area contributed by atoms with Crippen LogP contribution in [-0.4, -0.2) is 4.98 Å². The van der Waals surface area contributed by atoms with Crippen LogP contribution in [0.15, 0.2) is 36.5 Å². The molecule has 19 heavy (non-hydrogen) atoms. The topological polar surface area (TPSA) is 71.9 Å². The molecule has 1 aromatic carbocycles. The van der Waals surface area contributed by atoms with Gasteiger partial charge in [-0.25, -0.2) is 4.98 Å². The molecule has 0 aliphatic heterocycles. The molecule has 4 nitrogen and oxygen atoms in total. The van der Waals surface area contributed by atoms with Crippen molar-refractivity contribution < 1.29 is 4.74 Å². The fourth-order valence-electron chi connectivity index (χ4n) is 1.57. The molecular weight excluding hydrogens is 262 g/mol. The van der Waals surface area contributed by atoms with Gasteiger partial charge in [-0.3, -0.25) is 0 Å². The number of ether oxygens (including phenoxy) is 1. The van der Waals surface area contributed by atoms with Crippen molar-refractivity contribution in [3.63, 3.8) is 0 Å². The first kappa shape index (κ1) is 13.3. The lowest BCUT2D eigenvalue weighted by molar-refractivity contribution is 0.306. The minimum atomic E-state index is 0.332. The van der Waals surface area contributed by atoms with Crippen molar-refractivity contribution >= 4 is 11.6 Å². The fourth-order valence-corrected chi connectivity index (χ4v) is 1.83. The van der Waals surface area contributed by atoms with Crippen LogP contribution < -0.4 is 10.5 Å². The normalized spacial score (nSPS) is 9.95. The predicted molar refractivity (Wildman–Crippen MR) is 72.6 cm³/mol. The van der Waals surface area contributed by atoms with E-state index in [2.05, 4.69) is 4.98 Å². The molecule has 0 atom stereocenters. The van der Waals surface area contributed by atoms with Gasteiger partial charge in [0.05, 0.1) is 5.02 Å². The van der Waals surface area contributed by atoms with E-state index in [1.165, 1.54) is 0 Å². The molecule has 0 spiro atoms. The summed E-state index contributed by atoms with van der Waals surface area (Å²) in [5.41, 5.74) is 7.71. The molecule has 1 heterocycles. The molecule has 5 heteroatoms. The number of nitrogens with two attached hydrogens (primary N) is 1. The largest absolute Gasteiger partial charge is 0.487 e. The second-order valence-electron chi connectivity index (χ2n) is 3.92. The third kappa shape index (κ3) is 3.44. The van der Waals surface area contributed by atoms with Crippen molar-refractivity contribution in [1.82, 2.24) is 4.98 Å². The van der Waals surface area contributed by atoms with Gasteiger partial charge in [-0.05, 0) is 35.4 Å². The molecule has 0 unspecified atom stereocenters. The van der Waals surface area contributed by atoms with Crippen LogP contribution in [0.2, 0.25) is 5.02 Å². The monoisotopic (exact) mass is 273 g/mol. The third-order valence-corrected chi connectivity index (χ3v) is 2.86. The van der Waals surface area contributed by atoms with Crippen LogP contribution in [0.1, 0.15) is 16.8 Å². The second-order valence-corrected chi connectivity index (χ2v) is 4.33. The number of nitrogens with zero attached hydrogens (tertiary/aromatic N) is 2. The molecule has 0 saturated heterocycles. The number of hydrogen-bond donors (Lipinski definition) is 1. The quantitative estimate of drug-likeness (QED) is 0.929. The van der Waals surface area contributed by atoms with Gasteiger partial charge < -0.3 is 10.5 Å². The van der Waals surface area contributed by atoms with Gasteiger partial charge in [0, 0.05) is 12.7 Å². The molecule has 0 aliphatic carbocycles. The minimum absolute atomic E-state index is 0.332. The van der Waals surface area contributed by atoms with E-state index < -0.39 is 0 Å². The number of pyridine rings is 1. The van der Waals surface area contributed by atoms with Crippen molar-refractivity contribution in [3.8, 4) is 11.8 Å². The van der Waals surface area contributed by atoms with Gasteiger partial charge in [0.2, 0.25) is 0 Å². The summed E-state index contributed by atoms with van der Waals surface area (Å²) in [6, 6.07) is 10.9. The van der Waals surface area contributed by atoms with Crippen LogP contribution in [0.25, 0.3) is 0 Å². The maximum atomic E-state index is 8.76. The first-order valence-electron chi connectivity index (χ1n) is 5.69. The number of benzene rings is 1. The zero-order valence-electron chi connectivity index (χ0n) is 10.1. The van der Waals surface area contributed by atoms with Crippen LogP contribution >= 0.6 is 11.6 Å². The Bertz CT molecular complexity index is 622. The van der Waals surface area contributed by atoms with Gasteiger partial charge in [-0.15, -0.1) is 0 Å². The lowest BCUT2D eigenvalue weighted by atomic mass is 10.2.